The lowest BCUT2D eigenvalue weighted by atomic mass is 10.3. The minimum atomic E-state index is -1.15. The van der Waals surface area contributed by atoms with Crippen LogP contribution in [0.5, 0.6) is 5.75 Å². The van der Waals surface area contributed by atoms with E-state index in [2.05, 4.69) is 10.3 Å². The highest BCUT2D eigenvalue weighted by atomic mass is 32.1. The number of nitrogens with one attached hydrogen (secondary N) is 1. The Hall–Kier alpha value is -2.41. The number of benzene rings is 1. The van der Waals surface area contributed by atoms with Gasteiger partial charge in [0.15, 0.2) is 10.7 Å². The molecule has 104 valence electrons. The summed E-state index contributed by atoms with van der Waals surface area (Å²) in [6.45, 7) is 2.40. The molecular formula is C13H12N2O4S. The number of amides is 1. The van der Waals surface area contributed by atoms with E-state index in [4.69, 9.17) is 9.84 Å². The van der Waals surface area contributed by atoms with Crippen molar-refractivity contribution >= 4 is 28.9 Å². The first kappa shape index (κ1) is 14.0. The number of carboxylic acid groups (broad SMARTS) is 1. The van der Waals surface area contributed by atoms with Gasteiger partial charge in [-0.2, -0.15) is 0 Å². The number of anilines is 1. The highest BCUT2D eigenvalue weighted by molar-refractivity contribution is 7.12. The van der Waals surface area contributed by atoms with Crippen molar-refractivity contribution in [3.63, 3.8) is 0 Å². The van der Waals surface area contributed by atoms with Gasteiger partial charge < -0.3 is 15.2 Å². The topological polar surface area (TPSA) is 88.5 Å². The van der Waals surface area contributed by atoms with Crippen LogP contribution in [0.2, 0.25) is 0 Å². The summed E-state index contributed by atoms with van der Waals surface area (Å²) in [5.41, 5.74) is 0.427. The second kappa shape index (κ2) is 6.16. The second-order valence-corrected chi connectivity index (χ2v) is 4.62. The summed E-state index contributed by atoms with van der Waals surface area (Å²) in [7, 11) is 0. The summed E-state index contributed by atoms with van der Waals surface area (Å²) in [5, 5.41) is 12.8. The van der Waals surface area contributed by atoms with Gasteiger partial charge in [-0.3, -0.25) is 4.79 Å². The molecule has 0 atom stereocenters. The van der Waals surface area contributed by atoms with E-state index in [-0.39, 0.29) is 10.7 Å². The van der Waals surface area contributed by atoms with E-state index in [1.54, 1.807) is 24.3 Å². The van der Waals surface area contributed by atoms with E-state index in [0.29, 0.717) is 18.0 Å². The van der Waals surface area contributed by atoms with Crippen molar-refractivity contribution in [2.45, 2.75) is 6.92 Å². The van der Waals surface area contributed by atoms with Crippen LogP contribution in [-0.4, -0.2) is 28.6 Å². The lowest BCUT2D eigenvalue weighted by Gasteiger charge is -2.06. The largest absolute Gasteiger partial charge is 0.494 e. The maximum absolute atomic E-state index is 11.9. The number of ether oxygens (including phenoxy) is 1. The van der Waals surface area contributed by atoms with E-state index >= 15 is 0 Å². The molecule has 0 aliphatic rings. The zero-order valence-electron chi connectivity index (χ0n) is 10.6. The first-order chi connectivity index (χ1) is 9.60. The monoisotopic (exact) mass is 292 g/mol. The number of hydrogen-bond acceptors (Lipinski definition) is 5. The Morgan fingerprint density at radius 1 is 1.45 bits per heavy atom. The van der Waals surface area contributed by atoms with E-state index in [1.165, 1.54) is 5.38 Å². The summed E-state index contributed by atoms with van der Waals surface area (Å²) in [6, 6.07) is 6.94. The summed E-state index contributed by atoms with van der Waals surface area (Å²) >= 11 is 0.984. The van der Waals surface area contributed by atoms with Crippen LogP contribution in [0.25, 0.3) is 0 Å². The van der Waals surface area contributed by atoms with Gasteiger partial charge >= 0.3 is 5.97 Å². The highest BCUT2D eigenvalue weighted by Crippen LogP contribution is 2.19. The third-order valence-corrected chi connectivity index (χ3v) is 3.16. The van der Waals surface area contributed by atoms with E-state index in [1.807, 2.05) is 6.92 Å². The molecule has 7 heteroatoms. The highest BCUT2D eigenvalue weighted by Gasteiger charge is 2.14. The van der Waals surface area contributed by atoms with Crippen molar-refractivity contribution in [2.24, 2.45) is 0 Å². The first-order valence-corrected chi connectivity index (χ1v) is 6.71. The molecule has 0 radical (unpaired) electrons. The fourth-order valence-corrected chi connectivity index (χ4v) is 2.18. The molecule has 6 nitrogen and oxygen atoms in total. The molecule has 0 fully saturated rings. The van der Waals surface area contributed by atoms with Crippen LogP contribution >= 0.6 is 11.3 Å². The first-order valence-electron chi connectivity index (χ1n) is 5.83. The third kappa shape index (κ3) is 3.33. The molecule has 2 rings (SSSR count). The van der Waals surface area contributed by atoms with Crippen LogP contribution in [0.4, 0.5) is 5.69 Å². The molecule has 0 saturated heterocycles. The molecule has 0 spiro atoms. The van der Waals surface area contributed by atoms with Crippen LogP contribution in [-0.2, 0) is 0 Å². The number of nitrogens with zero attached hydrogens (tertiary/aromatic N) is 1. The summed E-state index contributed by atoms with van der Waals surface area (Å²) in [4.78, 5) is 26.4. The predicted octanol–water partition coefficient (Wildman–Crippen LogP) is 2.49. The molecule has 0 bridgehead atoms. The molecule has 20 heavy (non-hydrogen) atoms. The Bertz CT molecular complexity index is 639. The molecule has 1 aromatic carbocycles. The molecule has 0 unspecified atom stereocenters. The van der Waals surface area contributed by atoms with Crippen LogP contribution in [0.15, 0.2) is 29.6 Å². The summed E-state index contributed by atoms with van der Waals surface area (Å²) in [5.74, 6) is -0.953. The molecule has 1 aromatic heterocycles. The van der Waals surface area contributed by atoms with E-state index in [0.717, 1.165) is 11.3 Å². The van der Waals surface area contributed by atoms with Gasteiger partial charge in [-0.15, -0.1) is 11.3 Å². The lowest BCUT2D eigenvalue weighted by molar-refractivity contribution is 0.0691. The lowest BCUT2D eigenvalue weighted by Crippen LogP contribution is -2.12. The van der Waals surface area contributed by atoms with Gasteiger partial charge in [-0.05, 0) is 19.1 Å². The van der Waals surface area contributed by atoms with Crippen molar-refractivity contribution in [3.05, 3.63) is 40.3 Å². The quantitative estimate of drug-likeness (QED) is 0.883. The smallest absolute Gasteiger partial charge is 0.355 e. The molecule has 1 amide bonds. The summed E-state index contributed by atoms with van der Waals surface area (Å²) < 4.78 is 5.33. The van der Waals surface area contributed by atoms with Crippen LogP contribution in [0, 0.1) is 0 Å². The van der Waals surface area contributed by atoms with Gasteiger partial charge in [-0.25, -0.2) is 9.78 Å². The Balaban J connectivity index is 2.10. The Morgan fingerprint density at radius 3 is 2.90 bits per heavy atom. The fraction of sp³-hybridized carbons (Fsp3) is 0.154. The SMILES string of the molecule is CCOc1cccc(NC(=O)c2nc(C(=O)O)cs2)c1. The Labute approximate surface area is 119 Å². The van der Waals surface area contributed by atoms with Crippen molar-refractivity contribution in [1.29, 1.82) is 0 Å². The standard InChI is InChI=1S/C13H12N2O4S/c1-2-19-9-5-3-4-8(6-9)14-11(16)12-15-10(7-20-12)13(17)18/h3-7H,2H2,1H3,(H,14,16)(H,17,18). The second-order valence-electron chi connectivity index (χ2n) is 3.76. The number of carbonyl (C=O) groups excluding carboxylic acids is 1. The molecule has 0 aliphatic carbocycles. The van der Waals surface area contributed by atoms with E-state index < -0.39 is 11.9 Å². The molecule has 2 N–H and O–H groups in total. The number of thiazole rings is 1. The average Bonchev–Trinajstić information content (AvgIpc) is 2.89. The predicted molar refractivity (Wildman–Crippen MR) is 74.6 cm³/mol. The fourth-order valence-electron chi connectivity index (χ4n) is 1.49. The number of carbonyl (C=O) groups is 2. The minimum absolute atomic E-state index is 0.101. The molecule has 0 aliphatic heterocycles. The van der Waals surface area contributed by atoms with Gasteiger partial charge in [0.05, 0.1) is 6.61 Å². The van der Waals surface area contributed by atoms with Crippen LogP contribution < -0.4 is 10.1 Å². The minimum Gasteiger partial charge on any atom is -0.494 e. The van der Waals surface area contributed by atoms with Crippen molar-refractivity contribution < 1.29 is 19.4 Å². The van der Waals surface area contributed by atoms with Gasteiger partial charge in [0.2, 0.25) is 0 Å². The van der Waals surface area contributed by atoms with Crippen molar-refractivity contribution in [2.75, 3.05) is 11.9 Å². The maximum Gasteiger partial charge on any atom is 0.355 e. The van der Waals surface area contributed by atoms with Crippen molar-refractivity contribution in [3.8, 4) is 5.75 Å². The van der Waals surface area contributed by atoms with Crippen LogP contribution in [0.1, 0.15) is 27.2 Å². The third-order valence-electron chi connectivity index (χ3n) is 2.32. The normalized spacial score (nSPS) is 10.1. The molecular weight excluding hydrogens is 280 g/mol. The number of aromatic carboxylic acids is 1. The van der Waals surface area contributed by atoms with E-state index in [9.17, 15) is 9.59 Å². The van der Waals surface area contributed by atoms with Gasteiger partial charge in [0.25, 0.3) is 5.91 Å². The number of rotatable bonds is 5. The zero-order valence-corrected chi connectivity index (χ0v) is 11.4. The molecule has 2 aromatic rings. The number of carboxylic acids is 1. The Kier molecular flexibility index (Phi) is 4.31. The summed E-state index contributed by atoms with van der Waals surface area (Å²) in [6.07, 6.45) is 0. The van der Waals surface area contributed by atoms with Crippen molar-refractivity contribution in [1.82, 2.24) is 4.98 Å². The van der Waals surface area contributed by atoms with Gasteiger partial charge in [-0.1, -0.05) is 6.07 Å². The zero-order chi connectivity index (χ0) is 14.5. The van der Waals surface area contributed by atoms with Gasteiger partial charge in [0, 0.05) is 17.1 Å². The average molecular weight is 292 g/mol. The maximum atomic E-state index is 11.9. The molecule has 1 heterocycles. The number of hydrogen-bond donors (Lipinski definition) is 2. The Morgan fingerprint density at radius 2 is 2.25 bits per heavy atom. The van der Waals surface area contributed by atoms with Gasteiger partial charge in [0.1, 0.15) is 5.75 Å². The number of aromatic nitrogens is 1. The molecule has 0 saturated carbocycles. The van der Waals surface area contributed by atoms with Crippen LogP contribution in [0.3, 0.4) is 0 Å².